The zero-order valence-corrected chi connectivity index (χ0v) is 14.6. The van der Waals surface area contributed by atoms with Gasteiger partial charge in [0.2, 0.25) is 0 Å². The first kappa shape index (κ1) is 16.5. The molecule has 0 aliphatic carbocycles. The van der Waals surface area contributed by atoms with Crippen LogP contribution in [0.5, 0.6) is 0 Å². The van der Waals surface area contributed by atoms with Gasteiger partial charge >= 0.3 is 0 Å². The summed E-state index contributed by atoms with van der Waals surface area (Å²) in [5, 5.41) is 0. The Kier molecular flexibility index (Phi) is 5.09. The van der Waals surface area contributed by atoms with Gasteiger partial charge in [0.05, 0.1) is 5.88 Å². The van der Waals surface area contributed by atoms with E-state index in [1.54, 1.807) is 13.1 Å². The summed E-state index contributed by atoms with van der Waals surface area (Å²) in [6.45, 7) is 4.23. The monoisotopic (exact) mass is 343 g/mol. The molecule has 3 nitrogen and oxygen atoms in total. The highest BCUT2D eigenvalue weighted by Crippen LogP contribution is 2.29. The number of thiophene rings is 1. The predicted octanol–water partition coefficient (Wildman–Crippen LogP) is 3.92. The molecule has 2 aromatic rings. The number of sulfonamides is 1. The SMILES string of the molecule is Cc1ccccc1CN(C)S(=O)(=O)c1cc(C)c(CCl)s1. The molecule has 0 bridgehead atoms. The van der Waals surface area contributed by atoms with Gasteiger partial charge in [0.1, 0.15) is 4.21 Å². The topological polar surface area (TPSA) is 37.4 Å². The number of hydrogen-bond acceptors (Lipinski definition) is 3. The third kappa shape index (κ3) is 3.48. The summed E-state index contributed by atoms with van der Waals surface area (Å²) >= 11 is 7.08. The lowest BCUT2D eigenvalue weighted by molar-refractivity contribution is 0.467. The fourth-order valence-corrected chi connectivity index (χ4v) is 5.19. The maximum Gasteiger partial charge on any atom is 0.252 e. The van der Waals surface area contributed by atoms with Crippen LogP contribution >= 0.6 is 22.9 Å². The molecule has 0 saturated carbocycles. The molecule has 0 fully saturated rings. The molecule has 0 aliphatic rings. The molecule has 6 heteroatoms. The van der Waals surface area contributed by atoms with E-state index in [1.807, 2.05) is 38.1 Å². The van der Waals surface area contributed by atoms with Gasteiger partial charge < -0.3 is 0 Å². The number of halogens is 1. The van der Waals surface area contributed by atoms with E-state index in [1.165, 1.54) is 15.6 Å². The molecule has 21 heavy (non-hydrogen) atoms. The predicted molar refractivity (Wildman–Crippen MR) is 88.4 cm³/mol. The van der Waals surface area contributed by atoms with E-state index in [0.717, 1.165) is 21.6 Å². The Balaban J connectivity index is 2.28. The summed E-state index contributed by atoms with van der Waals surface area (Å²) in [4.78, 5) is 0.902. The van der Waals surface area contributed by atoms with Crippen molar-refractivity contribution in [2.45, 2.75) is 30.5 Å². The van der Waals surface area contributed by atoms with Crippen molar-refractivity contribution in [3.63, 3.8) is 0 Å². The number of rotatable bonds is 5. The standard InChI is InChI=1S/C15H18ClNO2S2/c1-11-6-4-5-7-13(11)10-17(3)21(18,19)15-8-12(2)14(9-16)20-15/h4-8H,9-10H2,1-3H3. The van der Waals surface area contributed by atoms with Gasteiger partial charge in [0.25, 0.3) is 10.0 Å². The molecule has 1 aromatic heterocycles. The number of nitrogens with zero attached hydrogens (tertiary/aromatic N) is 1. The number of benzene rings is 1. The van der Waals surface area contributed by atoms with Gasteiger partial charge in [-0.1, -0.05) is 24.3 Å². The van der Waals surface area contributed by atoms with E-state index in [9.17, 15) is 8.42 Å². The molecule has 0 saturated heterocycles. The van der Waals surface area contributed by atoms with Crippen LogP contribution in [0.25, 0.3) is 0 Å². The minimum Gasteiger partial charge on any atom is -0.206 e. The van der Waals surface area contributed by atoms with Crippen LogP contribution in [-0.4, -0.2) is 19.8 Å². The Morgan fingerprint density at radius 2 is 1.86 bits per heavy atom. The van der Waals surface area contributed by atoms with E-state index < -0.39 is 10.0 Å². The van der Waals surface area contributed by atoms with Crippen LogP contribution in [0.4, 0.5) is 0 Å². The van der Waals surface area contributed by atoms with Crippen molar-refractivity contribution in [3.8, 4) is 0 Å². The largest absolute Gasteiger partial charge is 0.252 e. The molecule has 2 rings (SSSR count). The smallest absolute Gasteiger partial charge is 0.206 e. The van der Waals surface area contributed by atoms with Crippen molar-refractivity contribution in [1.29, 1.82) is 0 Å². The second-order valence-corrected chi connectivity index (χ2v) is 8.67. The van der Waals surface area contributed by atoms with Crippen molar-refractivity contribution in [2.75, 3.05) is 7.05 Å². The van der Waals surface area contributed by atoms with Gasteiger partial charge in [-0.2, -0.15) is 4.31 Å². The van der Waals surface area contributed by atoms with Crippen LogP contribution in [0, 0.1) is 13.8 Å². The van der Waals surface area contributed by atoms with E-state index in [4.69, 9.17) is 11.6 Å². The molecule has 1 aromatic carbocycles. The first-order valence-electron chi connectivity index (χ1n) is 6.52. The molecule has 0 amide bonds. The fourth-order valence-electron chi connectivity index (χ4n) is 2.01. The van der Waals surface area contributed by atoms with Crippen LogP contribution in [-0.2, 0) is 22.4 Å². The van der Waals surface area contributed by atoms with Gasteiger partial charge in [-0.25, -0.2) is 8.42 Å². The molecular weight excluding hydrogens is 326 g/mol. The zero-order chi connectivity index (χ0) is 15.6. The van der Waals surface area contributed by atoms with Crippen LogP contribution in [0.1, 0.15) is 21.6 Å². The van der Waals surface area contributed by atoms with Crippen molar-refractivity contribution >= 4 is 33.0 Å². The van der Waals surface area contributed by atoms with Gasteiger partial charge in [0, 0.05) is 18.5 Å². The van der Waals surface area contributed by atoms with Crippen molar-refractivity contribution in [1.82, 2.24) is 4.31 Å². The molecular formula is C15H18ClNO2S2. The number of alkyl halides is 1. The Hall–Kier alpha value is -0.880. The molecule has 0 spiro atoms. The minimum atomic E-state index is -3.47. The van der Waals surface area contributed by atoms with E-state index >= 15 is 0 Å². The summed E-state index contributed by atoms with van der Waals surface area (Å²) in [5.74, 6) is 0.341. The Morgan fingerprint density at radius 1 is 1.19 bits per heavy atom. The van der Waals surface area contributed by atoms with Crippen LogP contribution in [0.2, 0.25) is 0 Å². The first-order valence-corrected chi connectivity index (χ1v) is 9.31. The lowest BCUT2D eigenvalue weighted by Gasteiger charge is -2.17. The average Bonchev–Trinajstić information content (AvgIpc) is 2.83. The summed E-state index contributed by atoms with van der Waals surface area (Å²) < 4.78 is 27.0. The number of hydrogen-bond donors (Lipinski definition) is 0. The van der Waals surface area contributed by atoms with Crippen molar-refractivity contribution in [3.05, 3.63) is 51.9 Å². The highest BCUT2D eigenvalue weighted by Gasteiger charge is 2.24. The van der Waals surface area contributed by atoms with Crippen molar-refractivity contribution in [2.24, 2.45) is 0 Å². The van der Waals surface area contributed by atoms with E-state index in [2.05, 4.69) is 0 Å². The quantitative estimate of drug-likeness (QED) is 0.771. The zero-order valence-electron chi connectivity index (χ0n) is 12.3. The normalized spacial score (nSPS) is 12.0. The van der Waals surface area contributed by atoms with Crippen LogP contribution < -0.4 is 0 Å². The van der Waals surface area contributed by atoms with Crippen molar-refractivity contribution < 1.29 is 8.42 Å². The third-order valence-electron chi connectivity index (χ3n) is 3.44. The second kappa shape index (κ2) is 6.48. The Morgan fingerprint density at radius 3 is 2.43 bits per heavy atom. The lowest BCUT2D eigenvalue weighted by Crippen LogP contribution is -2.26. The Labute approximate surface area is 135 Å². The molecule has 0 unspecified atom stereocenters. The molecule has 0 aliphatic heterocycles. The minimum absolute atomic E-state index is 0.341. The molecule has 0 N–H and O–H groups in total. The molecule has 0 atom stereocenters. The van der Waals surface area contributed by atoms with Crippen LogP contribution in [0.15, 0.2) is 34.5 Å². The summed E-state index contributed by atoms with van der Waals surface area (Å²) in [6.07, 6.45) is 0. The summed E-state index contributed by atoms with van der Waals surface area (Å²) in [7, 11) is -1.86. The Bertz CT molecular complexity index is 738. The van der Waals surface area contributed by atoms with E-state index in [-0.39, 0.29) is 0 Å². The fraction of sp³-hybridized carbons (Fsp3) is 0.333. The number of aryl methyl sites for hydroxylation is 2. The van der Waals surface area contributed by atoms with E-state index in [0.29, 0.717) is 16.6 Å². The van der Waals surface area contributed by atoms with Gasteiger partial charge in [-0.15, -0.1) is 22.9 Å². The molecule has 0 radical (unpaired) electrons. The molecule has 114 valence electrons. The van der Waals surface area contributed by atoms with Gasteiger partial charge in [-0.3, -0.25) is 0 Å². The summed E-state index contributed by atoms with van der Waals surface area (Å²) in [5.41, 5.74) is 3.02. The van der Waals surface area contributed by atoms with Gasteiger partial charge in [0.15, 0.2) is 0 Å². The summed E-state index contributed by atoms with van der Waals surface area (Å²) in [6, 6.07) is 9.50. The second-order valence-electron chi connectivity index (χ2n) is 4.99. The average molecular weight is 344 g/mol. The highest BCUT2D eigenvalue weighted by atomic mass is 35.5. The maximum atomic E-state index is 12.6. The first-order chi connectivity index (χ1) is 9.86. The van der Waals surface area contributed by atoms with Crippen LogP contribution in [0.3, 0.4) is 0 Å². The lowest BCUT2D eigenvalue weighted by atomic mass is 10.1. The van der Waals surface area contributed by atoms with Gasteiger partial charge in [-0.05, 0) is 36.6 Å². The molecule has 1 heterocycles. The highest BCUT2D eigenvalue weighted by molar-refractivity contribution is 7.91. The third-order valence-corrected chi connectivity index (χ3v) is 7.35. The maximum absolute atomic E-state index is 12.6.